The maximum absolute atomic E-state index is 12.1. The number of carbonyl (C=O) groups is 2. The molecule has 0 spiro atoms. The summed E-state index contributed by atoms with van der Waals surface area (Å²) in [5.74, 6) is 0.519. The molecule has 2 aromatic rings. The molecule has 0 unspecified atom stereocenters. The van der Waals surface area contributed by atoms with Crippen LogP contribution in [0.4, 0.5) is 10.5 Å². The van der Waals surface area contributed by atoms with Crippen LogP contribution in [-0.4, -0.2) is 41.2 Å². The molecule has 2 heterocycles. The molecule has 1 aromatic carbocycles. The molecule has 0 saturated carbocycles. The molecule has 8 nitrogen and oxygen atoms in total. The van der Waals surface area contributed by atoms with Gasteiger partial charge in [0.25, 0.3) is 0 Å². The Balaban J connectivity index is 1.60. The number of cyclic esters (lactones) is 1. The Morgan fingerprint density at radius 1 is 1.18 bits per heavy atom. The zero-order chi connectivity index (χ0) is 20.3. The quantitative estimate of drug-likeness (QED) is 0.822. The second-order valence-corrected chi connectivity index (χ2v) is 6.76. The van der Waals surface area contributed by atoms with Crippen LogP contribution in [0.2, 0.25) is 0 Å². The summed E-state index contributed by atoms with van der Waals surface area (Å²) in [6.07, 6.45) is -0.788. The number of amides is 2. The number of hydrogen-bond donors (Lipinski definition) is 1. The first-order valence-corrected chi connectivity index (χ1v) is 9.09. The molecule has 8 heteroatoms. The molecular weight excluding hydrogens is 360 g/mol. The van der Waals surface area contributed by atoms with E-state index in [0.29, 0.717) is 31.1 Å². The molecular formula is C20H24N4O4. The molecule has 28 heavy (non-hydrogen) atoms. The molecule has 0 aliphatic carbocycles. The molecule has 1 atom stereocenters. The molecule has 0 radical (unpaired) electrons. The van der Waals surface area contributed by atoms with E-state index in [0.717, 1.165) is 22.8 Å². The predicted molar refractivity (Wildman–Crippen MR) is 103 cm³/mol. The van der Waals surface area contributed by atoms with E-state index in [9.17, 15) is 9.59 Å². The smallest absolute Gasteiger partial charge is 0.414 e. The van der Waals surface area contributed by atoms with Gasteiger partial charge in [-0.05, 0) is 45.0 Å². The van der Waals surface area contributed by atoms with Gasteiger partial charge in [0.2, 0.25) is 5.91 Å². The SMILES string of the molecule is CC(=O)NC[C@H]1CN(c2ccc(OCc3nc(C)c(C)nc3C)cc2)C(=O)O1. The van der Waals surface area contributed by atoms with Crippen LogP contribution in [0.25, 0.3) is 0 Å². The minimum absolute atomic E-state index is 0.153. The van der Waals surface area contributed by atoms with E-state index in [1.54, 1.807) is 24.3 Å². The van der Waals surface area contributed by atoms with E-state index >= 15 is 0 Å². The molecule has 148 valence electrons. The van der Waals surface area contributed by atoms with Gasteiger partial charge in [0.1, 0.15) is 18.5 Å². The molecule has 3 rings (SSSR count). The van der Waals surface area contributed by atoms with Crippen LogP contribution >= 0.6 is 0 Å². The molecule has 1 aliphatic rings. The fraction of sp³-hybridized carbons (Fsp3) is 0.400. The highest BCUT2D eigenvalue weighted by atomic mass is 16.6. The van der Waals surface area contributed by atoms with Crippen molar-refractivity contribution in [2.75, 3.05) is 18.0 Å². The summed E-state index contributed by atoms with van der Waals surface area (Å²) in [6.45, 7) is 8.21. The van der Waals surface area contributed by atoms with E-state index in [1.165, 1.54) is 11.8 Å². The van der Waals surface area contributed by atoms with Gasteiger partial charge in [-0.3, -0.25) is 19.7 Å². The lowest BCUT2D eigenvalue weighted by atomic mass is 10.2. The first-order chi connectivity index (χ1) is 13.3. The lowest BCUT2D eigenvalue weighted by molar-refractivity contribution is -0.119. The molecule has 1 fully saturated rings. The van der Waals surface area contributed by atoms with Crippen LogP contribution in [0.3, 0.4) is 0 Å². The van der Waals surface area contributed by atoms with Gasteiger partial charge < -0.3 is 14.8 Å². The third kappa shape index (κ3) is 4.57. The van der Waals surface area contributed by atoms with Gasteiger partial charge in [-0.1, -0.05) is 0 Å². The highest BCUT2D eigenvalue weighted by Crippen LogP contribution is 2.24. The molecule has 1 N–H and O–H groups in total. The van der Waals surface area contributed by atoms with Crippen molar-refractivity contribution >= 4 is 17.7 Å². The number of hydrogen-bond acceptors (Lipinski definition) is 6. The van der Waals surface area contributed by atoms with Crippen molar-refractivity contribution in [3.05, 3.63) is 47.0 Å². The topological polar surface area (TPSA) is 93.7 Å². The minimum Gasteiger partial charge on any atom is -0.487 e. The van der Waals surface area contributed by atoms with Crippen molar-refractivity contribution in [3.63, 3.8) is 0 Å². The summed E-state index contributed by atoms with van der Waals surface area (Å²) in [5.41, 5.74) is 4.17. The second kappa shape index (κ2) is 8.24. The molecule has 1 aromatic heterocycles. The summed E-state index contributed by atoms with van der Waals surface area (Å²) in [5, 5.41) is 2.66. The summed E-state index contributed by atoms with van der Waals surface area (Å²) in [7, 11) is 0. The number of aryl methyl sites for hydroxylation is 3. The zero-order valence-corrected chi connectivity index (χ0v) is 16.5. The Hall–Kier alpha value is -3.16. The lowest BCUT2D eigenvalue weighted by Crippen LogP contribution is -2.33. The predicted octanol–water partition coefficient (Wildman–Crippen LogP) is 2.44. The maximum atomic E-state index is 12.1. The largest absolute Gasteiger partial charge is 0.487 e. The van der Waals surface area contributed by atoms with Crippen LogP contribution in [0.1, 0.15) is 29.7 Å². The van der Waals surface area contributed by atoms with Crippen molar-refractivity contribution < 1.29 is 19.1 Å². The van der Waals surface area contributed by atoms with Crippen molar-refractivity contribution in [3.8, 4) is 5.75 Å². The summed E-state index contributed by atoms with van der Waals surface area (Å²) < 4.78 is 11.1. The number of carbonyl (C=O) groups excluding carboxylic acids is 2. The summed E-state index contributed by atoms with van der Waals surface area (Å²) >= 11 is 0. The monoisotopic (exact) mass is 384 g/mol. The Morgan fingerprint density at radius 2 is 1.86 bits per heavy atom. The van der Waals surface area contributed by atoms with E-state index in [1.807, 2.05) is 20.8 Å². The third-order valence-corrected chi connectivity index (χ3v) is 4.56. The van der Waals surface area contributed by atoms with Gasteiger partial charge in [-0.2, -0.15) is 0 Å². The number of anilines is 1. The van der Waals surface area contributed by atoms with E-state index in [-0.39, 0.29) is 12.0 Å². The van der Waals surface area contributed by atoms with Crippen molar-refractivity contribution in [2.24, 2.45) is 0 Å². The average Bonchev–Trinajstić information content (AvgIpc) is 3.03. The van der Waals surface area contributed by atoms with Gasteiger partial charge >= 0.3 is 6.09 Å². The van der Waals surface area contributed by atoms with Gasteiger partial charge in [0.05, 0.1) is 35.9 Å². The van der Waals surface area contributed by atoms with Crippen molar-refractivity contribution in [2.45, 2.75) is 40.4 Å². The van der Waals surface area contributed by atoms with Crippen LogP contribution in [0.15, 0.2) is 24.3 Å². The van der Waals surface area contributed by atoms with E-state index in [4.69, 9.17) is 9.47 Å². The lowest BCUT2D eigenvalue weighted by Gasteiger charge is -2.14. The van der Waals surface area contributed by atoms with Crippen LogP contribution in [0.5, 0.6) is 5.75 Å². The van der Waals surface area contributed by atoms with Crippen LogP contribution < -0.4 is 15.0 Å². The number of aromatic nitrogens is 2. The molecule has 2 amide bonds. The van der Waals surface area contributed by atoms with Crippen molar-refractivity contribution in [1.29, 1.82) is 0 Å². The third-order valence-electron chi connectivity index (χ3n) is 4.56. The normalized spacial score (nSPS) is 16.1. The first-order valence-electron chi connectivity index (χ1n) is 9.09. The Labute approximate surface area is 163 Å². The number of benzene rings is 1. The molecule has 0 bridgehead atoms. The standard InChI is InChI=1S/C20H24N4O4/c1-12-13(2)23-19(14(3)22-12)11-27-17-7-5-16(6-8-17)24-10-18(28-20(24)26)9-21-15(4)25/h5-8,18H,9-11H2,1-4H3,(H,21,25)/t18-/m0/s1. The number of rotatable bonds is 6. The molecule has 1 saturated heterocycles. The molecule has 1 aliphatic heterocycles. The Bertz CT molecular complexity index is 883. The zero-order valence-electron chi connectivity index (χ0n) is 16.5. The Morgan fingerprint density at radius 3 is 2.54 bits per heavy atom. The Kier molecular flexibility index (Phi) is 5.77. The fourth-order valence-electron chi connectivity index (χ4n) is 2.87. The fourth-order valence-corrected chi connectivity index (χ4v) is 2.87. The van der Waals surface area contributed by atoms with E-state index in [2.05, 4.69) is 15.3 Å². The van der Waals surface area contributed by atoms with Gasteiger partial charge in [0, 0.05) is 12.6 Å². The number of nitrogens with one attached hydrogen (secondary N) is 1. The van der Waals surface area contributed by atoms with Crippen molar-refractivity contribution in [1.82, 2.24) is 15.3 Å². The number of nitrogens with zero attached hydrogens (tertiary/aromatic N) is 3. The second-order valence-electron chi connectivity index (χ2n) is 6.76. The highest BCUT2D eigenvalue weighted by Gasteiger charge is 2.32. The van der Waals surface area contributed by atoms with Crippen LogP contribution in [0, 0.1) is 20.8 Å². The summed E-state index contributed by atoms with van der Waals surface area (Å²) in [4.78, 5) is 33.6. The highest BCUT2D eigenvalue weighted by molar-refractivity contribution is 5.89. The van der Waals surface area contributed by atoms with E-state index < -0.39 is 6.09 Å². The minimum atomic E-state index is -0.426. The number of ether oxygens (including phenoxy) is 2. The maximum Gasteiger partial charge on any atom is 0.414 e. The van der Waals surface area contributed by atoms with Gasteiger partial charge in [0.15, 0.2) is 0 Å². The summed E-state index contributed by atoms with van der Waals surface area (Å²) in [6, 6.07) is 7.20. The van der Waals surface area contributed by atoms with Gasteiger partial charge in [-0.25, -0.2) is 4.79 Å². The first kappa shape index (κ1) is 19.6. The van der Waals surface area contributed by atoms with Crippen LogP contribution in [-0.2, 0) is 16.1 Å². The average molecular weight is 384 g/mol. The van der Waals surface area contributed by atoms with Gasteiger partial charge in [-0.15, -0.1) is 0 Å².